The number of nitrogens with zero attached hydrogens (tertiary/aromatic N) is 3. The summed E-state index contributed by atoms with van der Waals surface area (Å²) < 4.78 is 4.69. The van der Waals surface area contributed by atoms with Crippen LogP contribution in [0, 0.1) is 0 Å². The average molecular weight is 502 g/mol. The molecule has 0 atom stereocenters. The molecule has 1 fully saturated rings. The van der Waals surface area contributed by atoms with E-state index >= 15 is 0 Å². The molecule has 4 rings (SSSR count). The molecule has 0 saturated carbocycles. The van der Waals surface area contributed by atoms with Gasteiger partial charge < -0.3 is 19.9 Å². The van der Waals surface area contributed by atoms with Crippen molar-refractivity contribution in [3.63, 3.8) is 0 Å². The zero-order valence-corrected chi connectivity index (χ0v) is 20.6. The van der Waals surface area contributed by atoms with E-state index in [1.807, 2.05) is 25.2 Å². The zero-order valence-electron chi connectivity index (χ0n) is 20.6. The summed E-state index contributed by atoms with van der Waals surface area (Å²) in [6.45, 7) is 2.46. The Bertz CT molecular complexity index is 1360. The molecule has 1 aliphatic heterocycles. The highest BCUT2D eigenvalue weighted by molar-refractivity contribution is 6.39. The molecular weight excluding hydrogens is 474 g/mol. The largest absolute Gasteiger partial charge is 0.453 e. The number of pyridine rings is 1. The number of allylic oxidation sites excluding steroid dienone is 1. The lowest BCUT2D eigenvalue weighted by Crippen LogP contribution is -2.50. The minimum atomic E-state index is -0.706. The van der Waals surface area contributed by atoms with Crippen LogP contribution in [0.25, 0.3) is 17.0 Å². The Morgan fingerprint density at radius 1 is 0.946 bits per heavy atom. The van der Waals surface area contributed by atoms with Gasteiger partial charge in [0.2, 0.25) is 0 Å². The molecule has 3 amide bonds. The van der Waals surface area contributed by atoms with Gasteiger partial charge in [-0.15, -0.1) is 0 Å². The molecule has 0 radical (unpaired) electrons. The number of anilines is 2. The molecule has 2 aromatic carbocycles. The molecule has 2 heterocycles. The molecule has 0 bridgehead atoms. The van der Waals surface area contributed by atoms with Crippen LogP contribution in [0.5, 0.6) is 0 Å². The second-order valence-electron chi connectivity index (χ2n) is 8.55. The summed E-state index contributed by atoms with van der Waals surface area (Å²) in [5.41, 5.74) is 2.45. The van der Waals surface area contributed by atoms with Crippen molar-refractivity contribution in [2.75, 3.05) is 51.0 Å². The number of nitrogens with one attached hydrogen (secondary N) is 2. The normalized spacial score (nSPS) is 13.9. The Kier molecular flexibility index (Phi) is 7.89. The summed E-state index contributed by atoms with van der Waals surface area (Å²) in [6.07, 6.45) is 2.32. The topological polar surface area (TPSA) is 121 Å². The minimum Gasteiger partial charge on any atom is -0.453 e. The highest BCUT2D eigenvalue weighted by Crippen LogP contribution is 2.24. The Morgan fingerprint density at radius 2 is 1.65 bits per heavy atom. The first-order chi connectivity index (χ1) is 17.8. The number of hydrogen-bond donors (Lipinski definition) is 2. The van der Waals surface area contributed by atoms with Crippen LogP contribution in [-0.4, -0.2) is 78.8 Å². The van der Waals surface area contributed by atoms with Crippen LogP contribution in [-0.2, 0) is 14.3 Å². The van der Waals surface area contributed by atoms with E-state index in [9.17, 15) is 19.2 Å². The number of carbonyl (C=O) groups is 4. The van der Waals surface area contributed by atoms with Crippen LogP contribution >= 0.6 is 0 Å². The zero-order chi connectivity index (χ0) is 26.4. The SMILES string of the molecule is COC(=O)Nc1cc(C=CC(=O)c2ccc(NC(=O)C(=O)N3CCN(C)CC3)cc2)nc2ccccc12. The van der Waals surface area contributed by atoms with Gasteiger partial charge in [0.05, 0.1) is 24.0 Å². The van der Waals surface area contributed by atoms with Gasteiger partial charge in [0.15, 0.2) is 5.78 Å². The minimum absolute atomic E-state index is 0.274. The first-order valence-corrected chi connectivity index (χ1v) is 11.7. The van der Waals surface area contributed by atoms with E-state index < -0.39 is 17.9 Å². The van der Waals surface area contributed by atoms with Crippen molar-refractivity contribution in [3.05, 3.63) is 71.9 Å². The number of likely N-dealkylation sites (N-methyl/N-ethyl adjacent to an activating group) is 1. The number of para-hydroxylation sites is 1. The molecule has 0 unspecified atom stereocenters. The fourth-order valence-corrected chi connectivity index (χ4v) is 3.86. The maximum Gasteiger partial charge on any atom is 0.411 e. The van der Waals surface area contributed by atoms with Crippen molar-refractivity contribution in [2.45, 2.75) is 0 Å². The standard InChI is InChI=1S/C27H27N5O5/c1-31-13-15-32(16-14-31)26(35)25(34)29-19-9-7-18(8-10-19)24(33)12-11-20-17-23(30-27(36)37-2)21-5-3-4-6-22(21)28-20/h3-12,17H,13-16H2,1-2H3,(H,29,34)(H,28,30,36). The Morgan fingerprint density at radius 3 is 2.35 bits per heavy atom. The molecule has 1 saturated heterocycles. The number of hydrogen-bond acceptors (Lipinski definition) is 7. The smallest absolute Gasteiger partial charge is 0.411 e. The molecule has 37 heavy (non-hydrogen) atoms. The number of aromatic nitrogens is 1. The summed E-state index contributed by atoms with van der Waals surface area (Å²) >= 11 is 0. The number of piperazine rings is 1. The van der Waals surface area contributed by atoms with Gasteiger partial charge in [-0.2, -0.15) is 0 Å². The van der Waals surface area contributed by atoms with E-state index in [4.69, 9.17) is 0 Å². The van der Waals surface area contributed by atoms with E-state index in [1.54, 1.807) is 42.5 Å². The Hall–Kier alpha value is -4.57. The molecule has 0 spiro atoms. The predicted octanol–water partition coefficient (Wildman–Crippen LogP) is 3.02. The Balaban J connectivity index is 1.42. The average Bonchev–Trinajstić information content (AvgIpc) is 2.92. The number of amides is 3. The molecule has 0 aliphatic carbocycles. The number of ether oxygens (including phenoxy) is 1. The monoisotopic (exact) mass is 501 g/mol. The maximum atomic E-state index is 12.7. The van der Waals surface area contributed by atoms with E-state index in [0.29, 0.717) is 41.2 Å². The molecule has 1 aromatic heterocycles. The van der Waals surface area contributed by atoms with Crippen LogP contribution < -0.4 is 10.6 Å². The predicted molar refractivity (Wildman–Crippen MR) is 140 cm³/mol. The van der Waals surface area contributed by atoms with Crippen LogP contribution in [0.3, 0.4) is 0 Å². The summed E-state index contributed by atoms with van der Waals surface area (Å²) in [5, 5.41) is 5.99. The van der Waals surface area contributed by atoms with Crippen LogP contribution in [0.15, 0.2) is 60.7 Å². The third-order valence-corrected chi connectivity index (χ3v) is 5.98. The van der Waals surface area contributed by atoms with Gasteiger partial charge in [0.1, 0.15) is 0 Å². The summed E-state index contributed by atoms with van der Waals surface area (Å²) in [5.74, 6) is -1.55. The molecule has 3 aromatic rings. The van der Waals surface area contributed by atoms with Crippen LogP contribution in [0.1, 0.15) is 16.1 Å². The van der Waals surface area contributed by atoms with E-state index in [2.05, 4.69) is 25.3 Å². The van der Waals surface area contributed by atoms with Gasteiger partial charge in [0.25, 0.3) is 0 Å². The summed E-state index contributed by atoms with van der Waals surface area (Å²) in [4.78, 5) is 57.3. The molecular formula is C27H27N5O5. The molecule has 1 aliphatic rings. The lowest BCUT2D eigenvalue weighted by Gasteiger charge is -2.31. The van der Waals surface area contributed by atoms with Gasteiger partial charge in [-0.3, -0.25) is 19.7 Å². The van der Waals surface area contributed by atoms with Crippen molar-refractivity contribution >= 4 is 52.0 Å². The number of methoxy groups -OCH3 is 1. The van der Waals surface area contributed by atoms with Crippen molar-refractivity contribution < 1.29 is 23.9 Å². The number of carbonyl (C=O) groups excluding carboxylic acids is 4. The fourth-order valence-electron chi connectivity index (χ4n) is 3.86. The van der Waals surface area contributed by atoms with Crippen LogP contribution in [0.2, 0.25) is 0 Å². The molecule has 10 nitrogen and oxygen atoms in total. The number of ketones is 1. The second kappa shape index (κ2) is 11.4. The van der Waals surface area contributed by atoms with Crippen molar-refractivity contribution in [1.29, 1.82) is 0 Å². The third kappa shape index (κ3) is 6.36. The molecule has 190 valence electrons. The first kappa shape index (κ1) is 25.5. The molecule has 2 N–H and O–H groups in total. The van der Waals surface area contributed by atoms with Gasteiger partial charge in [-0.05, 0) is 55.6 Å². The lowest BCUT2D eigenvalue weighted by molar-refractivity contribution is -0.144. The Labute approximate surface area is 213 Å². The summed E-state index contributed by atoms with van der Waals surface area (Å²) in [7, 11) is 3.25. The van der Waals surface area contributed by atoms with Gasteiger partial charge >= 0.3 is 17.9 Å². The van der Waals surface area contributed by atoms with E-state index in [1.165, 1.54) is 18.1 Å². The van der Waals surface area contributed by atoms with Crippen molar-refractivity contribution in [3.8, 4) is 0 Å². The van der Waals surface area contributed by atoms with Crippen LogP contribution in [0.4, 0.5) is 16.2 Å². The maximum absolute atomic E-state index is 12.7. The van der Waals surface area contributed by atoms with E-state index in [-0.39, 0.29) is 5.78 Å². The summed E-state index contributed by atoms with van der Waals surface area (Å²) in [6, 6.07) is 15.2. The highest BCUT2D eigenvalue weighted by atomic mass is 16.5. The first-order valence-electron chi connectivity index (χ1n) is 11.7. The highest BCUT2D eigenvalue weighted by Gasteiger charge is 2.24. The number of benzene rings is 2. The number of rotatable bonds is 5. The van der Waals surface area contributed by atoms with Gasteiger partial charge in [-0.25, -0.2) is 9.78 Å². The third-order valence-electron chi connectivity index (χ3n) is 5.98. The van der Waals surface area contributed by atoms with Crippen molar-refractivity contribution in [2.24, 2.45) is 0 Å². The quantitative estimate of drug-likeness (QED) is 0.313. The van der Waals surface area contributed by atoms with Gasteiger partial charge in [0, 0.05) is 42.8 Å². The fraction of sp³-hybridized carbons (Fsp3) is 0.222. The van der Waals surface area contributed by atoms with Crippen molar-refractivity contribution in [1.82, 2.24) is 14.8 Å². The van der Waals surface area contributed by atoms with Gasteiger partial charge in [-0.1, -0.05) is 18.2 Å². The number of fused-ring (bicyclic) bond motifs is 1. The second-order valence-corrected chi connectivity index (χ2v) is 8.55. The lowest BCUT2D eigenvalue weighted by atomic mass is 10.1. The van der Waals surface area contributed by atoms with E-state index in [0.717, 1.165) is 18.5 Å². The molecule has 10 heteroatoms.